The van der Waals surface area contributed by atoms with E-state index in [1.165, 1.54) is 35.7 Å². The van der Waals surface area contributed by atoms with E-state index in [0.717, 1.165) is 6.54 Å². The summed E-state index contributed by atoms with van der Waals surface area (Å²) in [6.07, 6.45) is 0. The van der Waals surface area contributed by atoms with Gasteiger partial charge in [0.05, 0.1) is 0 Å². The topological polar surface area (TPSA) is 29.3 Å². The minimum Gasteiger partial charge on any atom is -0.323 e. The maximum Gasteiger partial charge on any atom is 0.0424 e. The van der Waals surface area contributed by atoms with E-state index in [1.54, 1.807) is 0 Å². The molecule has 16 heavy (non-hydrogen) atoms. The second-order valence-electron chi connectivity index (χ2n) is 4.43. The molecule has 1 unspecified atom stereocenters. The molecule has 2 rings (SSSR count). The Morgan fingerprint density at radius 2 is 1.88 bits per heavy atom. The number of aryl methyl sites for hydroxylation is 1. The summed E-state index contributed by atoms with van der Waals surface area (Å²) in [6.45, 7) is 5.47. The van der Waals surface area contributed by atoms with Crippen LogP contribution in [0.15, 0.2) is 24.3 Å². The summed E-state index contributed by atoms with van der Waals surface area (Å²) in [6, 6.07) is 8.74. The van der Waals surface area contributed by atoms with Gasteiger partial charge in [-0.3, -0.25) is 4.90 Å². The number of hydrogen-bond acceptors (Lipinski definition) is 3. The van der Waals surface area contributed by atoms with Crippen LogP contribution in [-0.4, -0.2) is 36.0 Å². The molecule has 1 heterocycles. The third-order valence-corrected chi connectivity index (χ3v) is 4.01. The van der Waals surface area contributed by atoms with E-state index in [2.05, 4.69) is 36.1 Å². The maximum atomic E-state index is 6.23. The summed E-state index contributed by atoms with van der Waals surface area (Å²) < 4.78 is 0. The van der Waals surface area contributed by atoms with Crippen LogP contribution in [0.1, 0.15) is 17.2 Å². The summed E-state index contributed by atoms with van der Waals surface area (Å²) in [5, 5.41) is 0. The van der Waals surface area contributed by atoms with Crippen LogP contribution < -0.4 is 5.73 Å². The molecule has 0 saturated carbocycles. The Hall–Kier alpha value is -0.510. The van der Waals surface area contributed by atoms with Gasteiger partial charge in [0.1, 0.15) is 0 Å². The normalized spacial score (nSPS) is 19.6. The number of hydrogen-bond donors (Lipinski definition) is 1. The van der Waals surface area contributed by atoms with E-state index in [-0.39, 0.29) is 6.04 Å². The average Bonchev–Trinajstić information content (AvgIpc) is 2.31. The first-order valence-electron chi connectivity index (χ1n) is 5.88. The van der Waals surface area contributed by atoms with E-state index in [1.807, 2.05) is 11.8 Å². The SMILES string of the molecule is Cc1ccc(C(N)CN2CCSCC2)cc1. The van der Waals surface area contributed by atoms with Crippen molar-refractivity contribution in [2.24, 2.45) is 5.73 Å². The van der Waals surface area contributed by atoms with Crippen LogP contribution in [0.5, 0.6) is 0 Å². The Morgan fingerprint density at radius 1 is 1.25 bits per heavy atom. The van der Waals surface area contributed by atoms with E-state index >= 15 is 0 Å². The maximum absolute atomic E-state index is 6.23. The van der Waals surface area contributed by atoms with Crippen molar-refractivity contribution in [3.8, 4) is 0 Å². The van der Waals surface area contributed by atoms with Crippen LogP contribution in [0.2, 0.25) is 0 Å². The van der Waals surface area contributed by atoms with Crippen LogP contribution >= 0.6 is 11.8 Å². The molecule has 0 aromatic heterocycles. The number of thioether (sulfide) groups is 1. The Kier molecular flexibility index (Phi) is 4.27. The first-order valence-corrected chi connectivity index (χ1v) is 7.03. The fraction of sp³-hybridized carbons (Fsp3) is 0.538. The van der Waals surface area contributed by atoms with E-state index in [0.29, 0.717) is 0 Å². The second-order valence-corrected chi connectivity index (χ2v) is 5.65. The predicted molar refractivity (Wildman–Crippen MR) is 71.9 cm³/mol. The van der Waals surface area contributed by atoms with Crippen molar-refractivity contribution in [1.82, 2.24) is 4.90 Å². The highest BCUT2D eigenvalue weighted by Gasteiger charge is 2.14. The van der Waals surface area contributed by atoms with Crippen LogP contribution in [0, 0.1) is 6.92 Å². The molecule has 1 aromatic carbocycles. The first kappa shape index (κ1) is 12.0. The Bertz CT molecular complexity index is 317. The molecule has 0 spiro atoms. The fourth-order valence-corrected chi connectivity index (χ4v) is 2.96. The van der Waals surface area contributed by atoms with Crippen LogP contribution in [0.3, 0.4) is 0 Å². The van der Waals surface area contributed by atoms with Crippen molar-refractivity contribution >= 4 is 11.8 Å². The van der Waals surface area contributed by atoms with Crippen LogP contribution in [-0.2, 0) is 0 Å². The largest absolute Gasteiger partial charge is 0.323 e. The Balaban J connectivity index is 1.91. The van der Waals surface area contributed by atoms with Crippen molar-refractivity contribution in [2.45, 2.75) is 13.0 Å². The third-order valence-electron chi connectivity index (χ3n) is 3.06. The molecule has 1 aromatic rings. The molecule has 2 nitrogen and oxygen atoms in total. The summed E-state index contributed by atoms with van der Waals surface area (Å²) in [5.74, 6) is 2.50. The Morgan fingerprint density at radius 3 is 2.50 bits per heavy atom. The molecule has 1 atom stereocenters. The lowest BCUT2D eigenvalue weighted by Crippen LogP contribution is -2.38. The number of nitrogens with zero attached hydrogens (tertiary/aromatic N) is 1. The van der Waals surface area contributed by atoms with Gasteiger partial charge in [-0.05, 0) is 12.5 Å². The van der Waals surface area contributed by atoms with Crippen molar-refractivity contribution in [1.29, 1.82) is 0 Å². The van der Waals surface area contributed by atoms with Gasteiger partial charge >= 0.3 is 0 Å². The molecule has 1 aliphatic rings. The van der Waals surface area contributed by atoms with Gasteiger partial charge in [0.15, 0.2) is 0 Å². The molecule has 88 valence electrons. The number of rotatable bonds is 3. The number of benzene rings is 1. The van der Waals surface area contributed by atoms with Gasteiger partial charge in [-0.2, -0.15) is 11.8 Å². The van der Waals surface area contributed by atoms with E-state index < -0.39 is 0 Å². The zero-order valence-corrected chi connectivity index (χ0v) is 10.7. The zero-order chi connectivity index (χ0) is 11.4. The highest BCUT2D eigenvalue weighted by molar-refractivity contribution is 7.99. The van der Waals surface area contributed by atoms with E-state index in [9.17, 15) is 0 Å². The predicted octanol–water partition coefficient (Wildman–Crippen LogP) is 2.04. The first-order chi connectivity index (χ1) is 7.75. The van der Waals surface area contributed by atoms with Gasteiger partial charge in [-0.15, -0.1) is 0 Å². The molecular weight excluding hydrogens is 216 g/mol. The monoisotopic (exact) mass is 236 g/mol. The molecule has 2 N–H and O–H groups in total. The molecule has 0 aliphatic carbocycles. The molecule has 1 fully saturated rings. The average molecular weight is 236 g/mol. The molecule has 3 heteroatoms. The van der Waals surface area contributed by atoms with Crippen molar-refractivity contribution in [3.05, 3.63) is 35.4 Å². The van der Waals surface area contributed by atoms with Crippen LogP contribution in [0.4, 0.5) is 0 Å². The lowest BCUT2D eigenvalue weighted by Gasteiger charge is -2.28. The van der Waals surface area contributed by atoms with Gasteiger partial charge in [0.25, 0.3) is 0 Å². The highest BCUT2D eigenvalue weighted by atomic mass is 32.2. The lowest BCUT2D eigenvalue weighted by atomic mass is 10.1. The van der Waals surface area contributed by atoms with Gasteiger partial charge in [-0.25, -0.2) is 0 Å². The lowest BCUT2D eigenvalue weighted by molar-refractivity contribution is 0.283. The molecular formula is C13H20N2S. The minimum absolute atomic E-state index is 0.156. The van der Waals surface area contributed by atoms with Gasteiger partial charge in [0, 0.05) is 37.2 Å². The molecule has 0 bridgehead atoms. The number of nitrogens with two attached hydrogens (primary N) is 1. The summed E-state index contributed by atoms with van der Waals surface area (Å²) >= 11 is 2.04. The fourth-order valence-electron chi connectivity index (χ4n) is 1.98. The quantitative estimate of drug-likeness (QED) is 0.871. The van der Waals surface area contributed by atoms with Crippen molar-refractivity contribution in [2.75, 3.05) is 31.1 Å². The molecule has 1 aliphatic heterocycles. The Labute approximate surface area is 102 Å². The summed E-state index contributed by atoms with van der Waals surface area (Å²) in [7, 11) is 0. The zero-order valence-electron chi connectivity index (χ0n) is 9.86. The van der Waals surface area contributed by atoms with Crippen molar-refractivity contribution in [3.63, 3.8) is 0 Å². The van der Waals surface area contributed by atoms with Crippen molar-refractivity contribution < 1.29 is 0 Å². The summed E-state index contributed by atoms with van der Waals surface area (Å²) in [4.78, 5) is 2.47. The highest BCUT2D eigenvalue weighted by Crippen LogP contribution is 2.15. The second kappa shape index (κ2) is 5.71. The standard InChI is InChI=1S/C13H20N2S/c1-11-2-4-12(5-3-11)13(14)10-15-6-8-16-9-7-15/h2-5,13H,6-10,14H2,1H3. The molecule has 0 radical (unpaired) electrons. The third kappa shape index (κ3) is 3.24. The summed E-state index contributed by atoms with van der Waals surface area (Å²) in [5.41, 5.74) is 8.78. The molecule has 1 saturated heterocycles. The van der Waals surface area contributed by atoms with E-state index in [4.69, 9.17) is 5.73 Å². The molecule has 0 amide bonds. The minimum atomic E-state index is 0.156. The van der Waals surface area contributed by atoms with Gasteiger partial charge in [-0.1, -0.05) is 29.8 Å². The van der Waals surface area contributed by atoms with Gasteiger partial charge < -0.3 is 5.73 Å². The van der Waals surface area contributed by atoms with Gasteiger partial charge in [0.2, 0.25) is 0 Å². The smallest absolute Gasteiger partial charge is 0.0424 e. The van der Waals surface area contributed by atoms with Crippen LogP contribution in [0.25, 0.3) is 0 Å².